The van der Waals surface area contributed by atoms with Crippen molar-refractivity contribution in [3.63, 3.8) is 0 Å². The fourth-order valence-electron chi connectivity index (χ4n) is 3.77. The van der Waals surface area contributed by atoms with E-state index in [0.29, 0.717) is 43.2 Å². The lowest BCUT2D eigenvalue weighted by Crippen LogP contribution is -2.55. The number of nitrogens with zero attached hydrogens (tertiary/aromatic N) is 3. The predicted molar refractivity (Wildman–Crippen MR) is 105 cm³/mol. The van der Waals surface area contributed by atoms with E-state index in [0.717, 1.165) is 10.9 Å². The van der Waals surface area contributed by atoms with Crippen LogP contribution in [0.4, 0.5) is 0 Å². The van der Waals surface area contributed by atoms with Crippen LogP contribution < -0.4 is 20.0 Å². The summed E-state index contributed by atoms with van der Waals surface area (Å²) in [7, 11) is 0. The summed E-state index contributed by atoms with van der Waals surface area (Å²) in [5.41, 5.74) is 1.40. The number of benzene rings is 2. The van der Waals surface area contributed by atoms with Crippen LogP contribution in [0.15, 0.2) is 59.4 Å². The maximum atomic E-state index is 12.9. The van der Waals surface area contributed by atoms with Crippen LogP contribution in [0.2, 0.25) is 0 Å². The van der Waals surface area contributed by atoms with Gasteiger partial charge in [-0.2, -0.15) is 0 Å². The third kappa shape index (κ3) is 2.76. The van der Waals surface area contributed by atoms with Crippen LogP contribution in [0.1, 0.15) is 10.4 Å². The normalized spacial score (nSPS) is 15.9. The molecule has 0 N–H and O–H groups in total. The maximum Gasteiger partial charge on any atom is 0.269 e. The topological polar surface area (TPSA) is 64.0 Å². The minimum Gasteiger partial charge on any atom is -0.454 e. The van der Waals surface area contributed by atoms with Crippen molar-refractivity contribution in [1.29, 1.82) is 0 Å². The van der Waals surface area contributed by atoms with Gasteiger partial charge >= 0.3 is 0 Å². The molecule has 0 bridgehead atoms. The predicted octanol–water partition coefficient (Wildman–Crippen LogP) is 1.82. The van der Waals surface area contributed by atoms with Crippen molar-refractivity contribution in [2.75, 3.05) is 38.0 Å². The molecule has 0 saturated carbocycles. The number of fused-ring (bicyclic) bond motifs is 2. The highest BCUT2D eigenvalue weighted by Crippen LogP contribution is 2.32. The van der Waals surface area contributed by atoms with E-state index < -0.39 is 0 Å². The van der Waals surface area contributed by atoms with E-state index in [4.69, 9.17) is 9.47 Å². The molecule has 1 aromatic heterocycles. The molecule has 0 atom stereocenters. The molecule has 28 heavy (non-hydrogen) atoms. The molecule has 7 heteroatoms. The first-order valence-electron chi connectivity index (χ1n) is 9.26. The zero-order valence-corrected chi connectivity index (χ0v) is 15.2. The first-order valence-corrected chi connectivity index (χ1v) is 9.26. The van der Waals surface area contributed by atoms with Gasteiger partial charge in [-0.15, -0.1) is 0 Å². The molecule has 2 aliphatic heterocycles. The molecule has 5 rings (SSSR count). The van der Waals surface area contributed by atoms with Gasteiger partial charge < -0.3 is 19.4 Å². The van der Waals surface area contributed by atoms with Crippen LogP contribution in [0.25, 0.3) is 10.9 Å². The van der Waals surface area contributed by atoms with Gasteiger partial charge in [0.2, 0.25) is 6.79 Å². The van der Waals surface area contributed by atoms with E-state index in [9.17, 15) is 9.59 Å². The fourth-order valence-corrected chi connectivity index (χ4v) is 3.77. The number of carbonyl (C=O) groups is 1. The second-order valence-corrected chi connectivity index (χ2v) is 6.86. The van der Waals surface area contributed by atoms with E-state index in [2.05, 4.69) is 0 Å². The van der Waals surface area contributed by atoms with Crippen molar-refractivity contribution in [2.45, 2.75) is 0 Å². The molecule has 2 aliphatic rings. The monoisotopic (exact) mass is 377 g/mol. The highest BCUT2D eigenvalue weighted by molar-refractivity contribution is 5.95. The van der Waals surface area contributed by atoms with Crippen LogP contribution >= 0.6 is 0 Å². The SMILES string of the molecule is O=C(c1ccc2c(c1)OCO2)N1CCN(n2c(=O)ccc3ccccc32)CC1. The lowest BCUT2D eigenvalue weighted by molar-refractivity contribution is 0.0738. The average Bonchev–Trinajstić information content (AvgIpc) is 3.21. The van der Waals surface area contributed by atoms with Gasteiger partial charge in [0, 0.05) is 30.1 Å². The smallest absolute Gasteiger partial charge is 0.269 e. The Hall–Kier alpha value is -3.48. The van der Waals surface area contributed by atoms with Gasteiger partial charge in [-0.25, -0.2) is 4.68 Å². The van der Waals surface area contributed by atoms with E-state index in [1.54, 1.807) is 28.9 Å². The van der Waals surface area contributed by atoms with Crippen LogP contribution in [-0.4, -0.2) is 48.5 Å². The molecule has 3 heterocycles. The average molecular weight is 377 g/mol. The summed E-state index contributed by atoms with van der Waals surface area (Å²) < 4.78 is 12.4. The number of para-hydroxylation sites is 1. The Morgan fingerprint density at radius 1 is 0.857 bits per heavy atom. The third-order valence-electron chi connectivity index (χ3n) is 5.22. The molecule has 3 aromatic rings. The second kappa shape index (κ2) is 6.60. The zero-order chi connectivity index (χ0) is 19.1. The Balaban J connectivity index is 1.35. The highest BCUT2D eigenvalue weighted by atomic mass is 16.7. The lowest BCUT2D eigenvalue weighted by atomic mass is 10.1. The number of amides is 1. The summed E-state index contributed by atoms with van der Waals surface area (Å²) in [4.78, 5) is 27.2. The lowest BCUT2D eigenvalue weighted by Gasteiger charge is -2.37. The molecule has 7 nitrogen and oxygen atoms in total. The third-order valence-corrected chi connectivity index (χ3v) is 5.22. The molecule has 1 amide bonds. The Kier molecular flexibility index (Phi) is 3.93. The molecule has 2 aromatic carbocycles. The number of piperazine rings is 1. The molecule has 1 saturated heterocycles. The number of hydrogen-bond donors (Lipinski definition) is 0. The zero-order valence-electron chi connectivity index (χ0n) is 15.2. The Bertz CT molecular complexity index is 1120. The van der Waals surface area contributed by atoms with Crippen molar-refractivity contribution in [3.8, 4) is 11.5 Å². The van der Waals surface area contributed by atoms with Crippen molar-refractivity contribution in [1.82, 2.24) is 9.58 Å². The number of carbonyl (C=O) groups excluding carboxylic acids is 1. The van der Waals surface area contributed by atoms with Crippen LogP contribution in [0, 0.1) is 0 Å². The summed E-state index contributed by atoms with van der Waals surface area (Å²) in [6, 6.07) is 16.5. The standard InChI is InChI=1S/C21H19N3O4/c25-20-8-6-15-3-1-2-4-17(15)24(20)23-11-9-22(10-12-23)21(26)16-5-7-18-19(13-16)28-14-27-18/h1-8,13H,9-12,14H2. The minimum absolute atomic E-state index is 0.0387. The van der Waals surface area contributed by atoms with Gasteiger partial charge in [0.05, 0.1) is 18.6 Å². The molecule has 0 unspecified atom stereocenters. The molecule has 1 fully saturated rings. The van der Waals surface area contributed by atoms with Gasteiger partial charge in [-0.3, -0.25) is 9.59 Å². The molecule has 0 aliphatic carbocycles. The molecule has 0 radical (unpaired) electrons. The first kappa shape index (κ1) is 16.7. The van der Waals surface area contributed by atoms with Crippen molar-refractivity contribution in [3.05, 3.63) is 70.5 Å². The summed E-state index contributed by atoms with van der Waals surface area (Å²) >= 11 is 0. The van der Waals surface area contributed by atoms with Crippen LogP contribution in [-0.2, 0) is 0 Å². The van der Waals surface area contributed by atoms with Crippen LogP contribution in [0.5, 0.6) is 11.5 Å². The van der Waals surface area contributed by atoms with E-state index in [1.165, 1.54) is 0 Å². The van der Waals surface area contributed by atoms with Gasteiger partial charge in [0.1, 0.15) is 0 Å². The molecule has 142 valence electrons. The number of hydrogen-bond acceptors (Lipinski definition) is 5. The maximum absolute atomic E-state index is 12.9. The Morgan fingerprint density at radius 3 is 2.50 bits per heavy atom. The fraction of sp³-hybridized carbons (Fsp3) is 0.238. The van der Waals surface area contributed by atoms with Crippen molar-refractivity contribution in [2.24, 2.45) is 0 Å². The van der Waals surface area contributed by atoms with E-state index in [1.807, 2.05) is 40.2 Å². The summed E-state index contributed by atoms with van der Waals surface area (Å²) in [6.45, 7) is 2.45. The second-order valence-electron chi connectivity index (χ2n) is 6.86. The molecular formula is C21H19N3O4. The van der Waals surface area contributed by atoms with E-state index in [-0.39, 0.29) is 18.3 Å². The number of pyridine rings is 1. The first-order chi connectivity index (χ1) is 13.7. The number of rotatable bonds is 2. The van der Waals surface area contributed by atoms with Gasteiger partial charge in [0.15, 0.2) is 11.5 Å². The van der Waals surface area contributed by atoms with Gasteiger partial charge in [-0.05, 0) is 30.3 Å². The van der Waals surface area contributed by atoms with Crippen molar-refractivity contribution < 1.29 is 14.3 Å². The summed E-state index contributed by atoms with van der Waals surface area (Å²) in [5, 5.41) is 3.02. The Morgan fingerprint density at radius 2 is 1.64 bits per heavy atom. The number of aromatic nitrogens is 1. The van der Waals surface area contributed by atoms with Gasteiger partial charge in [-0.1, -0.05) is 18.2 Å². The highest BCUT2D eigenvalue weighted by Gasteiger charge is 2.25. The summed E-state index contributed by atoms with van der Waals surface area (Å²) in [6.07, 6.45) is 0. The quantitative estimate of drug-likeness (QED) is 0.682. The largest absolute Gasteiger partial charge is 0.454 e. The van der Waals surface area contributed by atoms with Gasteiger partial charge in [0.25, 0.3) is 11.5 Å². The molecular weight excluding hydrogens is 358 g/mol. The summed E-state index contributed by atoms with van der Waals surface area (Å²) in [5.74, 6) is 1.23. The Labute approximate surface area is 161 Å². The van der Waals surface area contributed by atoms with Crippen LogP contribution in [0.3, 0.4) is 0 Å². The molecule has 0 spiro atoms. The van der Waals surface area contributed by atoms with E-state index >= 15 is 0 Å². The van der Waals surface area contributed by atoms with Crippen molar-refractivity contribution >= 4 is 16.8 Å². The number of ether oxygens (including phenoxy) is 2. The minimum atomic E-state index is -0.0609.